The molecular formula is C25H28N2NaO6S2+. The van der Waals surface area contributed by atoms with Gasteiger partial charge in [-0.3, -0.25) is 9.59 Å². The zero-order valence-electron chi connectivity index (χ0n) is 20.5. The van der Waals surface area contributed by atoms with Gasteiger partial charge in [-0.25, -0.2) is 0 Å². The van der Waals surface area contributed by atoms with Gasteiger partial charge in [-0.05, 0) is 44.2 Å². The van der Waals surface area contributed by atoms with E-state index in [1.54, 1.807) is 6.07 Å². The molecule has 0 aromatic heterocycles. The molecule has 11 heteroatoms. The van der Waals surface area contributed by atoms with Gasteiger partial charge in [0.15, 0.2) is 5.71 Å². The molecule has 36 heavy (non-hydrogen) atoms. The van der Waals surface area contributed by atoms with Gasteiger partial charge < -0.3 is 10.6 Å². The summed E-state index contributed by atoms with van der Waals surface area (Å²) < 4.78 is 38.1. The quantitative estimate of drug-likeness (QED) is 0.0791. The number of hydrogen-bond acceptors (Lipinski definition) is 7. The minimum Gasteiger partial charge on any atom is -0.691 e. The molecule has 2 aromatic carbocycles. The molecule has 0 unspecified atom stereocenters. The minimum absolute atomic E-state index is 0. The summed E-state index contributed by atoms with van der Waals surface area (Å²) in [7, 11) is -4.05. The zero-order chi connectivity index (χ0) is 25.3. The Hall–Kier alpha value is -1.73. The molecule has 8 nitrogen and oxygen atoms in total. The molecule has 0 amide bonds. The number of fused-ring (bicyclic) bond motifs is 1. The molecule has 1 aliphatic rings. The van der Waals surface area contributed by atoms with E-state index < -0.39 is 15.5 Å². The number of nitrogens with one attached hydrogen (secondary N) is 1. The second-order valence-corrected chi connectivity index (χ2v) is 10.7. The fourth-order valence-corrected chi connectivity index (χ4v) is 4.80. The number of rotatable bonds is 12. The largest absolute Gasteiger partial charge is 1.00 e. The number of para-hydroxylation sites is 1. The van der Waals surface area contributed by atoms with E-state index in [2.05, 4.69) is 33.1 Å². The zero-order valence-corrected chi connectivity index (χ0v) is 24.1. The van der Waals surface area contributed by atoms with E-state index >= 15 is 0 Å². The number of anilines is 1. The summed E-state index contributed by atoms with van der Waals surface area (Å²) in [4.78, 5) is 0.701. The molecule has 0 saturated carbocycles. The Kier molecular flexibility index (Phi) is 12.1. The minimum atomic E-state index is -4.05. The molecule has 2 aromatic rings. The van der Waals surface area contributed by atoms with Crippen LogP contribution < -0.4 is 40.1 Å². The van der Waals surface area contributed by atoms with Crippen molar-refractivity contribution in [2.75, 3.05) is 17.6 Å². The van der Waals surface area contributed by atoms with Crippen LogP contribution in [-0.4, -0.2) is 35.6 Å². The summed E-state index contributed by atoms with van der Waals surface area (Å²) in [5, 5.41) is 16.8. The SMILES string of the molecule is CC1(C)C(/C=C/C=C/C=C/Nc2ccccc2)=[N+](CCCS(=O)(=O)O)c2ccc(SOO[O-])cc21.[Na+]. The molecule has 0 spiro atoms. The van der Waals surface area contributed by atoms with Crippen LogP contribution >= 0.6 is 12.0 Å². The maximum Gasteiger partial charge on any atom is 1.00 e. The number of hydrogen-bond donors (Lipinski definition) is 2. The smallest absolute Gasteiger partial charge is 0.691 e. The first-order valence-corrected chi connectivity index (χ1v) is 13.3. The average Bonchev–Trinajstić information content (AvgIpc) is 3.03. The summed E-state index contributed by atoms with van der Waals surface area (Å²) in [6.07, 6.45) is 11.7. The first kappa shape index (κ1) is 30.5. The van der Waals surface area contributed by atoms with Crippen LogP contribution in [0, 0.1) is 0 Å². The van der Waals surface area contributed by atoms with Gasteiger partial charge >= 0.3 is 29.6 Å². The van der Waals surface area contributed by atoms with Gasteiger partial charge in [-0.15, -0.1) is 0 Å². The van der Waals surface area contributed by atoms with Crippen LogP contribution in [-0.2, 0) is 24.9 Å². The van der Waals surface area contributed by atoms with E-state index in [0.29, 0.717) is 11.4 Å². The molecule has 1 heterocycles. The van der Waals surface area contributed by atoms with Gasteiger partial charge in [0.2, 0.25) is 5.69 Å². The Balaban J connectivity index is 0.00000456. The third-order valence-corrected chi connectivity index (χ3v) is 6.89. The predicted molar refractivity (Wildman–Crippen MR) is 136 cm³/mol. The molecule has 0 saturated heterocycles. The van der Waals surface area contributed by atoms with Crippen molar-refractivity contribution < 1.29 is 61.7 Å². The molecule has 3 rings (SSSR count). The maximum atomic E-state index is 11.2. The fraction of sp³-hybridized carbons (Fsp3) is 0.240. The van der Waals surface area contributed by atoms with Crippen molar-refractivity contribution in [1.82, 2.24) is 0 Å². The van der Waals surface area contributed by atoms with Gasteiger partial charge in [0.25, 0.3) is 10.1 Å². The van der Waals surface area contributed by atoms with Crippen molar-refractivity contribution in [3.05, 3.63) is 90.7 Å². The van der Waals surface area contributed by atoms with Crippen molar-refractivity contribution in [2.24, 2.45) is 0 Å². The Bertz CT molecular complexity index is 1240. The Morgan fingerprint density at radius 3 is 2.53 bits per heavy atom. The molecule has 2 N–H and O–H groups in total. The molecule has 0 aliphatic carbocycles. The summed E-state index contributed by atoms with van der Waals surface area (Å²) in [6.45, 7) is 4.55. The summed E-state index contributed by atoms with van der Waals surface area (Å²) in [5.41, 5.74) is 3.49. The van der Waals surface area contributed by atoms with Crippen molar-refractivity contribution in [3.63, 3.8) is 0 Å². The molecule has 0 atom stereocenters. The number of nitrogens with zero attached hydrogens (tertiary/aromatic N) is 1. The van der Waals surface area contributed by atoms with Gasteiger partial charge in [-0.1, -0.05) is 36.4 Å². The Morgan fingerprint density at radius 2 is 1.83 bits per heavy atom. The van der Waals surface area contributed by atoms with Crippen LogP contribution in [0.3, 0.4) is 0 Å². The van der Waals surface area contributed by atoms with Crippen LogP contribution in [0.1, 0.15) is 25.8 Å². The van der Waals surface area contributed by atoms with Crippen LogP contribution in [0.4, 0.5) is 11.4 Å². The van der Waals surface area contributed by atoms with E-state index in [-0.39, 0.29) is 41.7 Å². The van der Waals surface area contributed by atoms with Gasteiger partial charge in [0.1, 0.15) is 6.54 Å². The normalized spacial score (nSPS) is 15.1. The third-order valence-electron chi connectivity index (χ3n) is 5.51. The van der Waals surface area contributed by atoms with Crippen molar-refractivity contribution >= 4 is 39.2 Å². The second-order valence-electron chi connectivity index (χ2n) is 8.31. The standard InChI is InChI=1S/C25H28N2O6S2.Na/c1-25(2)22-19-21(34-33-32-28)14-15-23(22)27(17-10-18-35(29,30)31)24(25)13-8-3-4-9-16-26-20-11-6-5-7-12-20;/h3-9,11-16,19H,10,17-18H2,1-2H3,(H2,28,29,30,31);/q;+1. The first-order valence-electron chi connectivity index (χ1n) is 10.9. The molecule has 0 fully saturated rings. The van der Waals surface area contributed by atoms with Crippen molar-refractivity contribution in [2.45, 2.75) is 30.6 Å². The average molecular weight is 540 g/mol. The number of allylic oxidation sites excluding steroid dienone is 5. The molecule has 0 radical (unpaired) electrons. The van der Waals surface area contributed by atoms with Crippen LogP contribution in [0.25, 0.3) is 0 Å². The Morgan fingerprint density at radius 1 is 1.11 bits per heavy atom. The predicted octanol–water partition coefficient (Wildman–Crippen LogP) is 1.31. The van der Waals surface area contributed by atoms with E-state index in [0.717, 1.165) is 34.7 Å². The van der Waals surface area contributed by atoms with E-state index in [4.69, 9.17) is 4.55 Å². The summed E-state index contributed by atoms with van der Waals surface area (Å²) in [5.74, 6) is -0.321. The van der Waals surface area contributed by atoms with Gasteiger partial charge in [-0.2, -0.15) is 17.3 Å². The molecule has 186 valence electrons. The van der Waals surface area contributed by atoms with Gasteiger partial charge in [0.05, 0.1) is 23.2 Å². The maximum absolute atomic E-state index is 11.2. The van der Waals surface area contributed by atoms with Crippen LogP contribution in [0.5, 0.6) is 0 Å². The summed E-state index contributed by atoms with van der Waals surface area (Å²) >= 11 is 0.821. The third kappa shape index (κ3) is 8.69. The first-order chi connectivity index (χ1) is 16.7. The van der Waals surface area contributed by atoms with Gasteiger partial charge in [0, 0.05) is 40.9 Å². The van der Waals surface area contributed by atoms with Crippen LogP contribution in [0.15, 0.2) is 90.0 Å². The number of benzene rings is 2. The van der Waals surface area contributed by atoms with Crippen molar-refractivity contribution in [1.29, 1.82) is 0 Å². The monoisotopic (exact) mass is 539 g/mol. The Labute approximate surface area is 238 Å². The van der Waals surface area contributed by atoms with E-state index in [1.165, 1.54) is 0 Å². The topological polar surface area (TPSA) is 111 Å². The van der Waals surface area contributed by atoms with Crippen LogP contribution in [0.2, 0.25) is 0 Å². The second kappa shape index (κ2) is 14.3. The molecule has 0 bridgehead atoms. The fourth-order valence-electron chi connectivity index (χ4n) is 3.91. The summed E-state index contributed by atoms with van der Waals surface area (Å²) in [6, 6.07) is 15.4. The molecule has 1 aliphatic heterocycles. The van der Waals surface area contributed by atoms with E-state index in [9.17, 15) is 13.7 Å². The van der Waals surface area contributed by atoms with Crippen molar-refractivity contribution in [3.8, 4) is 0 Å². The molecular weight excluding hydrogens is 511 g/mol. The van der Waals surface area contributed by atoms with E-state index in [1.807, 2.05) is 79.0 Å².